The van der Waals surface area contributed by atoms with E-state index in [2.05, 4.69) is 0 Å². The van der Waals surface area contributed by atoms with Gasteiger partial charge in [-0.2, -0.15) is 13.2 Å². The van der Waals surface area contributed by atoms with Crippen LogP contribution in [0.2, 0.25) is 0 Å². The van der Waals surface area contributed by atoms with Crippen molar-refractivity contribution in [1.29, 1.82) is 0 Å². The predicted octanol–water partition coefficient (Wildman–Crippen LogP) is 2.42. The van der Waals surface area contributed by atoms with Gasteiger partial charge < -0.3 is 10.0 Å². The average molecular weight is 227 g/mol. The first kappa shape index (κ1) is 14.7. The van der Waals surface area contributed by atoms with Gasteiger partial charge in [-0.15, -0.1) is 0 Å². The van der Waals surface area contributed by atoms with E-state index in [4.69, 9.17) is 0 Å². The Kier molecular flexibility index (Phi) is 5.59. The second-order valence-electron chi connectivity index (χ2n) is 3.75. The van der Waals surface area contributed by atoms with Crippen LogP contribution in [0.15, 0.2) is 0 Å². The minimum atomic E-state index is -4.55. The van der Waals surface area contributed by atoms with Gasteiger partial charge in [0.1, 0.15) is 0 Å². The summed E-state index contributed by atoms with van der Waals surface area (Å²) in [6, 6.07) is 0. The highest BCUT2D eigenvalue weighted by atomic mass is 19.4. The molecule has 0 rings (SSSR count). The predicted molar refractivity (Wildman–Crippen MR) is 53.7 cm³/mol. The van der Waals surface area contributed by atoms with E-state index in [0.717, 1.165) is 6.42 Å². The Morgan fingerprint density at radius 1 is 1.13 bits per heavy atom. The van der Waals surface area contributed by atoms with Gasteiger partial charge in [0.25, 0.3) is 0 Å². The standard InChI is InChI=1S/C10H20F3NO/c1-4-7-14(6-3)8-9(15,5-2)10(11,12)13/h15H,4-8H2,1-3H3. The van der Waals surface area contributed by atoms with Crippen LogP contribution in [0.3, 0.4) is 0 Å². The fourth-order valence-corrected chi connectivity index (χ4v) is 1.44. The third kappa shape index (κ3) is 3.99. The summed E-state index contributed by atoms with van der Waals surface area (Å²) in [4.78, 5) is 1.62. The summed E-state index contributed by atoms with van der Waals surface area (Å²) >= 11 is 0. The molecule has 92 valence electrons. The maximum Gasteiger partial charge on any atom is 0.418 e. The summed E-state index contributed by atoms with van der Waals surface area (Å²) in [5, 5.41) is 9.52. The lowest BCUT2D eigenvalue weighted by Crippen LogP contribution is -2.53. The Bertz CT molecular complexity index is 184. The number of rotatable bonds is 6. The maximum absolute atomic E-state index is 12.6. The van der Waals surface area contributed by atoms with Crippen LogP contribution in [-0.2, 0) is 0 Å². The Hall–Kier alpha value is -0.290. The van der Waals surface area contributed by atoms with Gasteiger partial charge in [0.15, 0.2) is 5.60 Å². The van der Waals surface area contributed by atoms with Crippen LogP contribution in [0.1, 0.15) is 33.6 Å². The van der Waals surface area contributed by atoms with E-state index in [9.17, 15) is 18.3 Å². The van der Waals surface area contributed by atoms with Gasteiger partial charge in [-0.1, -0.05) is 20.8 Å². The van der Waals surface area contributed by atoms with Gasteiger partial charge in [0, 0.05) is 6.54 Å². The van der Waals surface area contributed by atoms with Crippen LogP contribution in [0.25, 0.3) is 0 Å². The second kappa shape index (κ2) is 5.70. The zero-order chi connectivity index (χ0) is 12.1. The summed E-state index contributed by atoms with van der Waals surface area (Å²) in [5.41, 5.74) is -2.57. The van der Waals surface area contributed by atoms with Crippen molar-refractivity contribution < 1.29 is 18.3 Å². The summed E-state index contributed by atoms with van der Waals surface area (Å²) in [6.45, 7) is 5.81. The van der Waals surface area contributed by atoms with Crippen LogP contribution in [0.5, 0.6) is 0 Å². The lowest BCUT2D eigenvalue weighted by molar-refractivity contribution is -0.265. The van der Waals surface area contributed by atoms with Crippen LogP contribution >= 0.6 is 0 Å². The molecule has 0 heterocycles. The number of alkyl halides is 3. The van der Waals surface area contributed by atoms with E-state index >= 15 is 0 Å². The van der Waals surface area contributed by atoms with Gasteiger partial charge in [-0.3, -0.25) is 0 Å². The molecule has 0 amide bonds. The molecule has 0 saturated heterocycles. The largest absolute Gasteiger partial charge is 0.418 e. The van der Waals surface area contributed by atoms with Crippen molar-refractivity contribution in [2.45, 2.75) is 45.4 Å². The summed E-state index contributed by atoms with van der Waals surface area (Å²) < 4.78 is 37.7. The molecule has 0 aliphatic rings. The first-order chi connectivity index (χ1) is 6.80. The monoisotopic (exact) mass is 227 g/mol. The zero-order valence-electron chi connectivity index (χ0n) is 9.56. The first-order valence-corrected chi connectivity index (χ1v) is 5.32. The highest BCUT2D eigenvalue weighted by Crippen LogP contribution is 2.33. The third-order valence-electron chi connectivity index (χ3n) is 2.58. The fraction of sp³-hybridized carbons (Fsp3) is 1.00. The Morgan fingerprint density at radius 3 is 1.93 bits per heavy atom. The molecule has 0 bridgehead atoms. The molecule has 5 heteroatoms. The minimum absolute atomic E-state index is 0.309. The van der Waals surface area contributed by atoms with Gasteiger partial charge >= 0.3 is 6.18 Å². The molecule has 1 N–H and O–H groups in total. The lowest BCUT2D eigenvalue weighted by atomic mass is 9.99. The van der Waals surface area contributed by atoms with Crippen LogP contribution < -0.4 is 0 Å². The minimum Gasteiger partial charge on any atom is -0.379 e. The number of nitrogens with zero attached hydrogens (tertiary/aromatic N) is 1. The number of hydrogen-bond acceptors (Lipinski definition) is 2. The van der Waals surface area contributed by atoms with E-state index in [1.165, 1.54) is 6.92 Å². The molecular weight excluding hydrogens is 207 g/mol. The van der Waals surface area contributed by atoms with Crippen molar-refractivity contribution in [2.75, 3.05) is 19.6 Å². The van der Waals surface area contributed by atoms with Gasteiger partial charge in [-0.25, -0.2) is 0 Å². The summed E-state index contributed by atoms with van der Waals surface area (Å²) in [6.07, 6.45) is -4.08. The number of halogens is 3. The number of aliphatic hydroxyl groups is 1. The first-order valence-electron chi connectivity index (χ1n) is 5.32. The molecule has 0 radical (unpaired) electrons. The quantitative estimate of drug-likeness (QED) is 0.753. The maximum atomic E-state index is 12.6. The molecule has 0 aromatic rings. The number of hydrogen-bond donors (Lipinski definition) is 1. The fourth-order valence-electron chi connectivity index (χ4n) is 1.44. The molecule has 0 aliphatic heterocycles. The van der Waals surface area contributed by atoms with Crippen LogP contribution in [0.4, 0.5) is 13.2 Å². The van der Waals surface area contributed by atoms with Gasteiger partial charge in [-0.05, 0) is 25.9 Å². The molecule has 0 aromatic carbocycles. The third-order valence-corrected chi connectivity index (χ3v) is 2.58. The van der Waals surface area contributed by atoms with E-state index in [0.29, 0.717) is 13.1 Å². The summed E-state index contributed by atoms with van der Waals surface area (Å²) in [7, 11) is 0. The van der Waals surface area contributed by atoms with Crippen molar-refractivity contribution in [3.05, 3.63) is 0 Å². The Morgan fingerprint density at radius 2 is 1.67 bits per heavy atom. The smallest absolute Gasteiger partial charge is 0.379 e. The lowest BCUT2D eigenvalue weighted by Gasteiger charge is -2.34. The van der Waals surface area contributed by atoms with E-state index in [-0.39, 0.29) is 13.0 Å². The van der Waals surface area contributed by atoms with Crippen LogP contribution in [-0.4, -0.2) is 41.4 Å². The molecule has 0 spiro atoms. The van der Waals surface area contributed by atoms with Crippen molar-refractivity contribution in [3.63, 3.8) is 0 Å². The van der Waals surface area contributed by atoms with Crippen molar-refractivity contribution in [3.8, 4) is 0 Å². The SMILES string of the molecule is CCCN(CC)CC(O)(CC)C(F)(F)F. The Labute approximate surface area is 89.1 Å². The highest BCUT2D eigenvalue weighted by molar-refractivity contribution is 4.88. The van der Waals surface area contributed by atoms with E-state index < -0.39 is 11.8 Å². The second-order valence-corrected chi connectivity index (χ2v) is 3.75. The molecule has 15 heavy (non-hydrogen) atoms. The molecule has 0 fully saturated rings. The highest BCUT2D eigenvalue weighted by Gasteiger charge is 2.52. The van der Waals surface area contributed by atoms with Crippen LogP contribution in [0, 0.1) is 0 Å². The topological polar surface area (TPSA) is 23.5 Å². The number of likely N-dealkylation sites (N-methyl/N-ethyl adjacent to an activating group) is 1. The van der Waals surface area contributed by atoms with Crippen molar-refractivity contribution >= 4 is 0 Å². The average Bonchev–Trinajstić information content (AvgIpc) is 2.15. The van der Waals surface area contributed by atoms with Gasteiger partial charge in [0.05, 0.1) is 0 Å². The molecule has 0 aliphatic carbocycles. The van der Waals surface area contributed by atoms with E-state index in [1.54, 1.807) is 11.8 Å². The molecular formula is C10H20F3NO. The molecule has 1 atom stereocenters. The normalized spacial score (nSPS) is 16.8. The van der Waals surface area contributed by atoms with Gasteiger partial charge in [0.2, 0.25) is 0 Å². The summed E-state index contributed by atoms with van der Waals surface area (Å²) in [5.74, 6) is 0. The van der Waals surface area contributed by atoms with Crippen molar-refractivity contribution in [1.82, 2.24) is 4.90 Å². The molecule has 0 aromatic heterocycles. The Balaban J connectivity index is 4.54. The molecule has 1 unspecified atom stereocenters. The van der Waals surface area contributed by atoms with Crippen molar-refractivity contribution in [2.24, 2.45) is 0 Å². The van der Waals surface area contributed by atoms with E-state index in [1.807, 2.05) is 6.92 Å². The zero-order valence-corrected chi connectivity index (χ0v) is 9.56. The molecule has 0 saturated carbocycles. The molecule has 2 nitrogen and oxygen atoms in total.